The lowest BCUT2D eigenvalue weighted by molar-refractivity contribution is 0.101. The monoisotopic (exact) mass is 407 g/mol. The third kappa shape index (κ3) is 3.75. The number of ether oxygens (including phenoxy) is 1. The SMILES string of the molecule is CC(=O)c1ccn(C(=O)N2C[C@H]3C[C@H](Oc4cccc(C5CCCC5)c4)C[C@H]3C2)n1. The fraction of sp³-hybridized carbons (Fsp3) is 0.542. The van der Waals surface area contributed by atoms with Crippen LogP contribution in [0.5, 0.6) is 5.75 Å². The van der Waals surface area contributed by atoms with E-state index in [1.807, 2.05) is 4.90 Å². The standard InChI is InChI=1S/C24H29N3O3/c1-16(28)23-9-10-27(25-23)24(29)26-14-19-12-22(13-20(19)15-26)30-21-8-4-7-18(11-21)17-5-2-3-6-17/h4,7-11,17,19-20,22H,2-3,5-6,12-15H2,1H3/t19-,20+,22+. The van der Waals surface area contributed by atoms with Crippen LogP contribution in [-0.4, -0.2) is 45.7 Å². The van der Waals surface area contributed by atoms with Crippen LogP contribution in [0.25, 0.3) is 0 Å². The van der Waals surface area contributed by atoms with E-state index in [9.17, 15) is 9.59 Å². The van der Waals surface area contributed by atoms with Gasteiger partial charge in [-0.25, -0.2) is 4.79 Å². The largest absolute Gasteiger partial charge is 0.490 e. The van der Waals surface area contributed by atoms with Crippen LogP contribution in [0, 0.1) is 11.8 Å². The molecule has 0 unspecified atom stereocenters. The molecule has 2 aliphatic carbocycles. The van der Waals surface area contributed by atoms with Crippen LogP contribution >= 0.6 is 0 Å². The second-order valence-corrected chi connectivity index (χ2v) is 9.17. The topological polar surface area (TPSA) is 64.4 Å². The Bertz CT molecular complexity index is 933. The number of hydrogen-bond acceptors (Lipinski definition) is 4. The van der Waals surface area contributed by atoms with Crippen LogP contribution in [-0.2, 0) is 0 Å². The summed E-state index contributed by atoms with van der Waals surface area (Å²) in [6.45, 7) is 2.93. The molecule has 1 aromatic heterocycles. The van der Waals surface area contributed by atoms with E-state index in [-0.39, 0.29) is 17.9 Å². The molecule has 3 atom stereocenters. The van der Waals surface area contributed by atoms with Crippen molar-refractivity contribution in [3.8, 4) is 5.75 Å². The number of aromatic nitrogens is 2. The average Bonchev–Trinajstić information content (AvgIpc) is 3.50. The Hall–Kier alpha value is -2.63. The summed E-state index contributed by atoms with van der Waals surface area (Å²) in [6.07, 6.45) is 9.05. The highest BCUT2D eigenvalue weighted by Gasteiger charge is 2.43. The molecule has 6 heteroatoms. The molecule has 0 N–H and O–H groups in total. The zero-order valence-corrected chi connectivity index (χ0v) is 17.5. The fourth-order valence-corrected chi connectivity index (χ4v) is 5.55. The zero-order chi connectivity index (χ0) is 20.7. The van der Waals surface area contributed by atoms with Gasteiger partial charge in [-0.15, -0.1) is 0 Å². The lowest BCUT2D eigenvalue weighted by Crippen LogP contribution is -2.34. The number of amides is 1. The first-order valence-corrected chi connectivity index (χ1v) is 11.2. The third-order valence-corrected chi connectivity index (χ3v) is 7.11. The Labute approximate surface area is 177 Å². The van der Waals surface area contributed by atoms with E-state index in [0.29, 0.717) is 23.4 Å². The van der Waals surface area contributed by atoms with Gasteiger partial charge >= 0.3 is 6.03 Å². The second kappa shape index (κ2) is 7.89. The number of carbonyl (C=O) groups excluding carboxylic acids is 2. The number of nitrogens with zero attached hydrogens (tertiary/aromatic N) is 3. The summed E-state index contributed by atoms with van der Waals surface area (Å²) >= 11 is 0. The van der Waals surface area contributed by atoms with E-state index in [4.69, 9.17) is 4.74 Å². The van der Waals surface area contributed by atoms with Crippen molar-refractivity contribution in [3.05, 3.63) is 47.8 Å². The van der Waals surface area contributed by atoms with E-state index in [0.717, 1.165) is 31.7 Å². The maximum atomic E-state index is 12.7. The first kappa shape index (κ1) is 19.3. The number of hydrogen-bond donors (Lipinski definition) is 0. The Morgan fingerprint density at radius 1 is 1.07 bits per heavy atom. The predicted molar refractivity (Wildman–Crippen MR) is 113 cm³/mol. The smallest absolute Gasteiger partial charge is 0.344 e. The van der Waals surface area contributed by atoms with E-state index in [1.54, 1.807) is 12.3 Å². The van der Waals surface area contributed by atoms with Gasteiger partial charge in [-0.2, -0.15) is 9.78 Å². The van der Waals surface area contributed by atoms with Crippen LogP contribution in [0.15, 0.2) is 36.5 Å². The molecular weight excluding hydrogens is 378 g/mol. The van der Waals surface area contributed by atoms with Crippen LogP contribution in [0.2, 0.25) is 0 Å². The van der Waals surface area contributed by atoms with Crippen molar-refractivity contribution in [2.75, 3.05) is 13.1 Å². The van der Waals surface area contributed by atoms with E-state index >= 15 is 0 Å². The molecule has 1 aromatic carbocycles. The lowest BCUT2D eigenvalue weighted by atomic mass is 9.98. The third-order valence-electron chi connectivity index (χ3n) is 7.11. The number of fused-ring (bicyclic) bond motifs is 1. The molecule has 2 aromatic rings. The molecule has 2 heterocycles. The lowest BCUT2D eigenvalue weighted by Gasteiger charge is -2.20. The molecule has 5 rings (SSSR count). The summed E-state index contributed by atoms with van der Waals surface area (Å²) in [5.74, 6) is 2.50. The van der Waals surface area contributed by atoms with Gasteiger partial charge in [0.05, 0.1) is 6.10 Å². The number of ketones is 1. The van der Waals surface area contributed by atoms with Crippen molar-refractivity contribution in [2.45, 2.75) is 57.5 Å². The van der Waals surface area contributed by atoms with Crippen molar-refractivity contribution in [1.29, 1.82) is 0 Å². The van der Waals surface area contributed by atoms with E-state index < -0.39 is 0 Å². The molecule has 1 saturated heterocycles. The Morgan fingerprint density at radius 3 is 2.47 bits per heavy atom. The van der Waals surface area contributed by atoms with Crippen molar-refractivity contribution < 1.29 is 14.3 Å². The molecule has 2 saturated carbocycles. The molecule has 0 radical (unpaired) electrons. The van der Waals surface area contributed by atoms with Gasteiger partial charge in [0.25, 0.3) is 0 Å². The van der Waals surface area contributed by atoms with Crippen molar-refractivity contribution >= 4 is 11.8 Å². The fourth-order valence-electron chi connectivity index (χ4n) is 5.55. The van der Waals surface area contributed by atoms with E-state index in [1.165, 1.54) is 42.9 Å². The highest BCUT2D eigenvalue weighted by Crippen LogP contribution is 2.41. The summed E-state index contributed by atoms with van der Waals surface area (Å²) in [5, 5.41) is 4.11. The maximum absolute atomic E-state index is 12.7. The molecule has 1 amide bonds. The minimum Gasteiger partial charge on any atom is -0.490 e. The van der Waals surface area contributed by atoms with Crippen LogP contribution in [0.3, 0.4) is 0 Å². The summed E-state index contributed by atoms with van der Waals surface area (Å²) in [6, 6.07) is 10.1. The van der Waals surface area contributed by atoms with Gasteiger partial charge < -0.3 is 9.64 Å². The quantitative estimate of drug-likeness (QED) is 0.700. The van der Waals surface area contributed by atoms with Crippen molar-refractivity contribution in [3.63, 3.8) is 0 Å². The number of benzene rings is 1. The Morgan fingerprint density at radius 2 is 1.80 bits per heavy atom. The van der Waals surface area contributed by atoms with Crippen LogP contribution in [0.1, 0.15) is 67.4 Å². The normalized spacial score (nSPS) is 26.2. The molecule has 1 aliphatic heterocycles. The number of rotatable bonds is 4. The van der Waals surface area contributed by atoms with Gasteiger partial charge in [-0.05, 0) is 67.2 Å². The van der Waals surface area contributed by atoms with Crippen LogP contribution in [0.4, 0.5) is 4.79 Å². The highest BCUT2D eigenvalue weighted by atomic mass is 16.5. The molecule has 0 spiro atoms. The summed E-state index contributed by atoms with van der Waals surface area (Å²) < 4.78 is 7.66. The van der Waals surface area contributed by atoms with Gasteiger partial charge in [0.15, 0.2) is 5.78 Å². The van der Waals surface area contributed by atoms with Gasteiger partial charge in [-0.3, -0.25) is 4.79 Å². The number of likely N-dealkylation sites (tertiary alicyclic amines) is 1. The molecule has 30 heavy (non-hydrogen) atoms. The predicted octanol–water partition coefficient (Wildman–Crippen LogP) is 4.50. The highest BCUT2D eigenvalue weighted by molar-refractivity contribution is 5.92. The van der Waals surface area contributed by atoms with Crippen LogP contribution < -0.4 is 4.74 Å². The van der Waals surface area contributed by atoms with Gasteiger partial charge in [0.2, 0.25) is 0 Å². The van der Waals surface area contributed by atoms with Crippen molar-refractivity contribution in [1.82, 2.24) is 14.7 Å². The summed E-state index contributed by atoms with van der Waals surface area (Å²) in [7, 11) is 0. The summed E-state index contributed by atoms with van der Waals surface area (Å²) in [5.41, 5.74) is 1.75. The zero-order valence-electron chi connectivity index (χ0n) is 17.5. The molecule has 3 aliphatic rings. The Kier molecular flexibility index (Phi) is 5.09. The molecular formula is C24H29N3O3. The molecule has 6 nitrogen and oxygen atoms in total. The molecule has 158 valence electrons. The van der Waals surface area contributed by atoms with E-state index in [2.05, 4.69) is 29.4 Å². The Balaban J connectivity index is 1.17. The summed E-state index contributed by atoms with van der Waals surface area (Å²) in [4.78, 5) is 26.0. The number of carbonyl (C=O) groups is 2. The second-order valence-electron chi connectivity index (χ2n) is 9.17. The first-order valence-electron chi connectivity index (χ1n) is 11.2. The molecule has 3 fully saturated rings. The minimum atomic E-state index is -0.140. The van der Waals surface area contributed by atoms with Gasteiger partial charge in [-0.1, -0.05) is 25.0 Å². The minimum absolute atomic E-state index is 0.128. The molecule has 0 bridgehead atoms. The average molecular weight is 408 g/mol. The van der Waals surface area contributed by atoms with Gasteiger partial charge in [0, 0.05) is 26.2 Å². The maximum Gasteiger partial charge on any atom is 0.344 e. The number of Topliss-reactive ketones (excluding diaryl/α,β-unsaturated/α-hetero) is 1. The van der Waals surface area contributed by atoms with Gasteiger partial charge in [0.1, 0.15) is 11.4 Å². The first-order chi connectivity index (χ1) is 14.6. The van der Waals surface area contributed by atoms with Crippen molar-refractivity contribution in [2.24, 2.45) is 11.8 Å².